The van der Waals surface area contributed by atoms with Crippen LogP contribution in [0.15, 0.2) is 91.0 Å². The molecule has 0 saturated carbocycles. The monoisotopic (exact) mass is 425 g/mol. The molecule has 1 radical (unpaired) electrons. The first-order valence-electron chi connectivity index (χ1n) is 8.01. The van der Waals surface area contributed by atoms with Crippen LogP contribution in [0.1, 0.15) is 0 Å². The van der Waals surface area contributed by atoms with Gasteiger partial charge in [0, 0.05) is 14.1 Å². The Morgan fingerprint density at radius 3 is 1.12 bits per heavy atom. The predicted octanol–water partition coefficient (Wildman–Crippen LogP) is 2.58. The molecule has 0 spiro atoms. The summed E-state index contributed by atoms with van der Waals surface area (Å²) in [5.41, 5.74) is 0. The molecule has 3 aromatic carbocycles. The maximum atomic E-state index is 4.56. The Hall–Kier alpha value is -1.69. The average Bonchev–Trinajstić information content (AvgIpc) is 2.65. The van der Waals surface area contributed by atoms with Crippen molar-refractivity contribution in [3.63, 3.8) is 0 Å². The minimum atomic E-state index is -1.63. The van der Waals surface area contributed by atoms with Crippen LogP contribution < -0.4 is 13.2 Å². The van der Waals surface area contributed by atoms with Crippen molar-refractivity contribution >= 4 is 56.7 Å². The average molecular weight is 424 g/mol. The van der Waals surface area contributed by atoms with E-state index in [1.165, 1.54) is 13.2 Å². The second-order valence-corrected chi connectivity index (χ2v) is 11.9. The Kier molecular flexibility index (Phi) is 8.12. The van der Waals surface area contributed by atoms with Gasteiger partial charge in [0.25, 0.3) is 0 Å². The van der Waals surface area contributed by atoms with Crippen molar-refractivity contribution in [3.05, 3.63) is 91.0 Å². The van der Waals surface area contributed by atoms with Gasteiger partial charge in [-0.3, -0.25) is 0 Å². The summed E-state index contributed by atoms with van der Waals surface area (Å²) >= 11 is 7.49. The first kappa shape index (κ1) is 19.6. The van der Waals surface area contributed by atoms with E-state index < -0.39 is 14.3 Å². The maximum absolute atomic E-state index is 4.56. The van der Waals surface area contributed by atoms with E-state index in [-0.39, 0.29) is 0 Å². The fourth-order valence-corrected chi connectivity index (χ4v) is 7.72. The Balaban J connectivity index is 0.000000326. The summed E-state index contributed by atoms with van der Waals surface area (Å²) < 4.78 is 5.01. The zero-order valence-corrected chi connectivity index (χ0v) is 18.2. The molecule has 0 aliphatic carbocycles. The van der Waals surface area contributed by atoms with E-state index in [4.69, 9.17) is 0 Å². The molecule has 3 rings (SSSR count). The summed E-state index contributed by atoms with van der Waals surface area (Å²) in [5.74, 6) is 0. The molecule has 0 saturated heterocycles. The fourth-order valence-electron chi connectivity index (χ4n) is 2.31. The summed E-state index contributed by atoms with van der Waals surface area (Å²) in [6.07, 6.45) is 0. The molecule has 1 nitrogen and oxygen atoms in total. The molecule has 0 aliphatic rings. The molecule has 0 atom stereocenters. The summed E-state index contributed by atoms with van der Waals surface area (Å²) in [6, 6.07) is 32.8. The number of nitrogens with zero attached hydrogens (tertiary/aromatic N) is 1. The van der Waals surface area contributed by atoms with Crippen molar-refractivity contribution in [1.29, 1.82) is 0 Å². The van der Waals surface area contributed by atoms with Gasteiger partial charge in [-0.1, -0.05) is 4.32 Å². The van der Waals surface area contributed by atoms with Crippen LogP contribution >= 0.6 is 12.2 Å². The van der Waals surface area contributed by atoms with E-state index in [0.717, 1.165) is 0 Å². The molecular formula is C21H21GeNS2-. The van der Waals surface area contributed by atoms with Gasteiger partial charge in [-0.2, -0.15) is 0 Å². The molecule has 127 valence electrons. The van der Waals surface area contributed by atoms with Gasteiger partial charge >= 0.3 is 119 Å². The molecule has 4 heteroatoms. The zero-order chi connectivity index (χ0) is 18.1. The molecule has 0 aliphatic heterocycles. The quantitative estimate of drug-likeness (QED) is 0.362. The summed E-state index contributed by atoms with van der Waals surface area (Å²) in [7, 11) is 3.66. The van der Waals surface area contributed by atoms with Gasteiger partial charge in [0.2, 0.25) is 0 Å². The molecule has 0 fully saturated rings. The van der Waals surface area contributed by atoms with Crippen molar-refractivity contribution in [2.45, 2.75) is 0 Å². The number of benzene rings is 3. The first-order chi connectivity index (χ1) is 12.1. The van der Waals surface area contributed by atoms with Crippen molar-refractivity contribution in [2.24, 2.45) is 0 Å². The molecule has 0 bridgehead atoms. The number of hydrogen-bond acceptors (Lipinski definition) is 2. The van der Waals surface area contributed by atoms with Crippen molar-refractivity contribution in [2.75, 3.05) is 14.1 Å². The molecule has 0 amide bonds. The normalized spacial score (nSPS) is 9.88. The third-order valence-corrected chi connectivity index (χ3v) is 10.0. The van der Waals surface area contributed by atoms with Crippen LogP contribution in [0.4, 0.5) is 0 Å². The van der Waals surface area contributed by atoms with E-state index in [1.807, 2.05) is 14.1 Å². The first-order valence-corrected chi connectivity index (χ1v) is 12.0. The topological polar surface area (TPSA) is 3.24 Å². The summed E-state index contributed by atoms with van der Waals surface area (Å²) in [4.78, 5) is 1.71. The molecule has 0 aromatic heterocycles. The minimum absolute atomic E-state index is 0.509. The molecular weight excluding hydrogens is 403 g/mol. The van der Waals surface area contributed by atoms with Crippen molar-refractivity contribution in [1.82, 2.24) is 4.90 Å². The molecule has 3 aromatic rings. The van der Waals surface area contributed by atoms with Crippen LogP contribution in [0.5, 0.6) is 0 Å². The van der Waals surface area contributed by atoms with E-state index in [2.05, 4.69) is 116 Å². The molecule has 0 unspecified atom stereocenters. The predicted molar refractivity (Wildman–Crippen MR) is 118 cm³/mol. The number of rotatable bonds is 3. The number of hydrogen-bond donors (Lipinski definition) is 0. The van der Waals surface area contributed by atoms with Gasteiger partial charge in [0.15, 0.2) is 0 Å². The molecule has 0 N–H and O–H groups in total. The van der Waals surface area contributed by atoms with E-state index in [9.17, 15) is 0 Å². The Morgan fingerprint density at radius 2 is 0.920 bits per heavy atom. The van der Waals surface area contributed by atoms with Gasteiger partial charge in [-0.15, -0.1) is 0 Å². The van der Waals surface area contributed by atoms with Crippen LogP contribution in [0.25, 0.3) is 0 Å². The van der Waals surface area contributed by atoms with Gasteiger partial charge in [0.05, 0.1) is 0 Å². The number of thiocarbonyl (C=S) groups is 1. The SMILES string of the molecule is CN(C)C(=S)[S-].c1cc[c]([Ge]([c]2ccccc2)[c]2ccccc2)cc1. The third kappa shape index (κ3) is 6.27. The van der Waals surface area contributed by atoms with E-state index in [1.54, 1.807) is 4.90 Å². The van der Waals surface area contributed by atoms with Crippen LogP contribution in [0.2, 0.25) is 0 Å². The van der Waals surface area contributed by atoms with Crippen molar-refractivity contribution < 1.29 is 0 Å². The van der Waals surface area contributed by atoms with Crippen molar-refractivity contribution in [3.8, 4) is 0 Å². The molecule has 0 heterocycles. The van der Waals surface area contributed by atoms with E-state index in [0.29, 0.717) is 4.32 Å². The Labute approximate surface area is 166 Å². The van der Waals surface area contributed by atoms with Crippen LogP contribution in [0.3, 0.4) is 0 Å². The summed E-state index contributed by atoms with van der Waals surface area (Å²) in [5, 5.41) is 0. The van der Waals surface area contributed by atoms with Gasteiger partial charge < -0.3 is 29.7 Å². The van der Waals surface area contributed by atoms with Gasteiger partial charge in [-0.05, 0) is 0 Å². The van der Waals surface area contributed by atoms with Gasteiger partial charge in [-0.25, -0.2) is 0 Å². The Morgan fingerprint density at radius 1 is 0.680 bits per heavy atom. The second-order valence-electron chi connectivity index (χ2n) is 5.63. The third-order valence-electron chi connectivity index (χ3n) is 3.55. The standard InChI is InChI=1S/C18H15Ge.C3H7NS2/c1-4-10-16(11-5-1)19(17-12-6-2-7-13-17)18-14-8-3-9-15-18;1-4(2)3(5)6/h1-15H;1-2H3,(H,5,6)/p-1. The summed E-state index contributed by atoms with van der Waals surface area (Å²) in [6.45, 7) is 0. The Bertz CT molecular complexity index is 668. The van der Waals surface area contributed by atoms with Crippen LogP contribution in [-0.4, -0.2) is 37.7 Å². The van der Waals surface area contributed by atoms with E-state index >= 15 is 0 Å². The molecule has 25 heavy (non-hydrogen) atoms. The zero-order valence-electron chi connectivity index (χ0n) is 14.4. The fraction of sp³-hybridized carbons (Fsp3) is 0.0952. The second kappa shape index (κ2) is 10.3. The van der Waals surface area contributed by atoms with Gasteiger partial charge in [0.1, 0.15) is 0 Å². The van der Waals surface area contributed by atoms with Crippen LogP contribution in [-0.2, 0) is 12.6 Å². The van der Waals surface area contributed by atoms with Crippen LogP contribution in [0, 0.1) is 0 Å².